The molecule has 1 spiro atoms. The fraction of sp³-hybridized carbons (Fsp3) is 0.754. The molecule has 9 rings (SSSR count). The number of aliphatic hydroxyl groups is 4. The van der Waals surface area contributed by atoms with Crippen LogP contribution in [-0.2, 0) is 71.3 Å². The summed E-state index contributed by atoms with van der Waals surface area (Å²) in [6.07, 6.45) is -4.62. The van der Waals surface area contributed by atoms with Crippen molar-refractivity contribution >= 4 is 30.1 Å². The molecule has 4 aliphatic carbocycles. The Balaban J connectivity index is 1.05. The van der Waals surface area contributed by atoms with Crippen LogP contribution in [0.3, 0.4) is 0 Å². The summed E-state index contributed by atoms with van der Waals surface area (Å²) in [5.41, 5.74) is -4.89. The van der Waals surface area contributed by atoms with Crippen molar-refractivity contribution in [3.8, 4) is 0 Å². The third-order valence-corrected chi connectivity index (χ3v) is 19.9. The van der Waals surface area contributed by atoms with Crippen molar-refractivity contribution in [2.75, 3.05) is 13.7 Å². The van der Waals surface area contributed by atoms with Gasteiger partial charge in [0.25, 0.3) is 0 Å². The van der Waals surface area contributed by atoms with Gasteiger partial charge in [-0.15, -0.1) is 0 Å². The number of carbonyl (C=O) groups is 5. The highest BCUT2D eigenvalue weighted by Gasteiger charge is 2.65. The van der Waals surface area contributed by atoms with Crippen LogP contribution >= 0.6 is 0 Å². The number of esters is 2. The Kier molecular flexibility index (Phi) is 19.2. The number of aldehydes is 1. The zero-order valence-electron chi connectivity index (χ0n) is 50.5. The van der Waals surface area contributed by atoms with E-state index in [9.17, 15) is 49.7 Å². The van der Waals surface area contributed by atoms with E-state index in [-0.39, 0.29) is 55.8 Å². The molecular weight excluding hydrogens is 1110 g/mol. The molecule has 26 atom stereocenters. The number of rotatable bonds is 12. The first kappa shape index (κ1) is 64.5. The van der Waals surface area contributed by atoms with E-state index in [0.29, 0.717) is 30.3 Å². The minimum absolute atomic E-state index is 0.00104. The average Bonchev–Trinajstić information content (AvgIpc) is 2.03. The number of nitrogens with zero attached hydrogens (tertiary/aromatic N) is 1. The molecule has 26 unspecified atom stereocenters. The maximum absolute atomic E-state index is 15.5. The SMILES string of the molecule is COC(=O)NC1C(C)OC(OC2C/C=C(\C)C3C=CC4C(OC5CC(OC6COC(C)C(OC7CC(O)C(O)C(C)O7)C6)C(OC(C)=O)C(C)O5)C(C)CC(C)C4C3(C)/C(O)=C3/C(=O)OC4(CC(C=O)=CC(O)C4/C=C/2C)C3=O)CC1(C)[N+](=O)[O-]. The van der Waals surface area contributed by atoms with Gasteiger partial charge in [-0.3, -0.25) is 24.5 Å². The third-order valence-electron chi connectivity index (χ3n) is 19.9. The molecule has 9 aliphatic rings. The van der Waals surface area contributed by atoms with E-state index in [0.717, 1.165) is 7.11 Å². The van der Waals surface area contributed by atoms with Gasteiger partial charge in [0.2, 0.25) is 11.3 Å². The molecule has 0 aromatic carbocycles. The molecule has 0 aromatic rings. The fourth-order valence-electron chi connectivity index (χ4n) is 15.5. The van der Waals surface area contributed by atoms with Gasteiger partial charge in [0, 0.05) is 61.7 Å². The second-order valence-electron chi connectivity index (χ2n) is 25.7. The molecule has 6 fully saturated rings. The van der Waals surface area contributed by atoms with Crippen LogP contribution in [0.5, 0.6) is 0 Å². The number of allylic oxidation sites excluding steroid dienone is 3. The standard InChI is InChI=1S/C61H86N2O22/c1-27-13-16-43(82-48-24-59(10,63(73)74)54(34(8)79-48)62-58(72)75-12)28(2)18-40-41(66)19-36(25-64)23-61(40)56(70)49(57(71)85-61)55(69)60(11)39(27)15-14-38-50(60)29(3)17-30(4)52(38)84-47-22-45(53(33(7)78-47)80-35(9)65)81-37-20-44(31(5)76-26-37)83-46-21-42(67)51(68)32(6)77-46/h13-15,18-19,25,29-34,37-48,50-54,66-69H,16-17,20-24,26H2,1-12H3,(H,62,72)/b27-13+,28-18+,55-49-. The maximum atomic E-state index is 15.5. The first-order chi connectivity index (χ1) is 40.0. The van der Waals surface area contributed by atoms with Gasteiger partial charge in [0.1, 0.15) is 35.9 Å². The van der Waals surface area contributed by atoms with E-state index >= 15 is 4.79 Å². The Hall–Kier alpha value is -4.99. The Labute approximate surface area is 495 Å². The van der Waals surface area contributed by atoms with Crippen molar-refractivity contribution in [1.29, 1.82) is 0 Å². The minimum atomic E-state index is -2.20. The number of hydrogen-bond donors (Lipinski definition) is 5. The third kappa shape index (κ3) is 12.3. The largest absolute Gasteiger partial charge is 0.511 e. The van der Waals surface area contributed by atoms with Gasteiger partial charge in [-0.25, -0.2) is 9.59 Å². The summed E-state index contributed by atoms with van der Waals surface area (Å²) in [5, 5.41) is 61.3. The lowest BCUT2D eigenvalue weighted by atomic mass is 9.49. The van der Waals surface area contributed by atoms with Crippen LogP contribution in [0.1, 0.15) is 121 Å². The van der Waals surface area contributed by atoms with E-state index in [1.54, 1.807) is 33.8 Å². The van der Waals surface area contributed by atoms with Crippen LogP contribution in [0.4, 0.5) is 4.79 Å². The Morgan fingerprint density at radius 1 is 0.824 bits per heavy atom. The lowest BCUT2D eigenvalue weighted by Crippen LogP contribution is -2.65. The monoisotopic (exact) mass is 1200 g/mol. The van der Waals surface area contributed by atoms with E-state index in [1.165, 1.54) is 19.9 Å². The zero-order chi connectivity index (χ0) is 61.9. The molecule has 0 radical (unpaired) electrons. The first-order valence-electron chi connectivity index (χ1n) is 29.9. The Bertz CT molecular complexity index is 2720. The number of Topliss-reactive ketones (excluding diaryl/α,β-unsaturated/α-hetero) is 1. The van der Waals surface area contributed by atoms with Gasteiger partial charge in [-0.2, -0.15) is 0 Å². The summed E-state index contributed by atoms with van der Waals surface area (Å²) in [6.45, 7) is 19.3. The predicted molar refractivity (Wildman–Crippen MR) is 297 cm³/mol. The molecule has 2 bridgehead atoms. The van der Waals surface area contributed by atoms with Crippen molar-refractivity contribution < 1.29 is 101 Å². The molecule has 472 valence electrons. The number of methoxy groups -OCH3 is 1. The van der Waals surface area contributed by atoms with E-state index in [4.69, 9.17) is 52.1 Å². The van der Waals surface area contributed by atoms with Crippen molar-refractivity contribution in [3.05, 3.63) is 68.5 Å². The number of nitrogens with one attached hydrogen (secondary N) is 1. The normalized spacial score (nSPS) is 47.8. The zero-order valence-corrected chi connectivity index (χ0v) is 50.5. The predicted octanol–water partition coefficient (Wildman–Crippen LogP) is 5.10. The molecule has 5 saturated heterocycles. The van der Waals surface area contributed by atoms with E-state index in [2.05, 4.69) is 25.2 Å². The minimum Gasteiger partial charge on any atom is -0.511 e. The second kappa shape index (κ2) is 25.2. The summed E-state index contributed by atoms with van der Waals surface area (Å²) in [4.78, 5) is 80.2. The number of amides is 1. The van der Waals surface area contributed by atoms with Crippen LogP contribution in [0, 0.1) is 51.0 Å². The van der Waals surface area contributed by atoms with Crippen LogP contribution in [0.2, 0.25) is 0 Å². The first-order valence-corrected chi connectivity index (χ1v) is 29.9. The highest BCUT2D eigenvalue weighted by Crippen LogP contribution is 2.61. The number of nitro groups is 1. The van der Waals surface area contributed by atoms with Gasteiger partial charge in [0.05, 0.1) is 87.1 Å². The van der Waals surface area contributed by atoms with Crippen molar-refractivity contribution in [1.82, 2.24) is 5.32 Å². The maximum Gasteiger partial charge on any atom is 0.407 e. The van der Waals surface area contributed by atoms with Gasteiger partial charge < -0.3 is 77.8 Å². The lowest BCUT2D eigenvalue weighted by molar-refractivity contribution is -0.584. The second-order valence-corrected chi connectivity index (χ2v) is 25.7. The smallest absolute Gasteiger partial charge is 0.407 e. The molecule has 5 N–H and O–H groups in total. The highest BCUT2D eigenvalue weighted by atomic mass is 16.7. The Morgan fingerprint density at radius 3 is 2.19 bits per heavy atom. The number of carbonyl (C=O) groups excluding carboxylic acids is 5. The topological polar surface area (TPSA) is 323 Å². The summed E-state index contributed by atoms with van der Waals surface area (Å²) in [7, 11) is 1.15. The lowest BCUT2D eigenvalue weighted by Gasteiger charge is -2.56. The van der Waals surface area contributed by atoms with Crippen molar-refractivity contribution in [3.63, 3.8) is 0 Å². The van der Waals surface area contributed by atoms with Gasteiger partial charge in [-0.05, 0) is 89.4 Å². The van der Waals surface area contributed by atoms with Crippen LogP contribution in [0.25, 0.3) is 0 Å². The molecule has 24 nitrogen and oxygen atoms in total. The van der Waals surface area contributed by atoms with Crippen LogP contribution in [-0.4, -0.2) is 185 Å². The van der Waals surface area contributed by atoms with E-state index < -0.39 is 185 Å². The quantitative estimate of drug-likeness (QED) is 0.0323. The molecule has 0 aromatic heterocycles. The summed E-state index contributed by atoms with van der Waals surface area (Å²) < 4.78 is 68.6. The average molecular weight is 1200 g/mol. The molecule has 5 aliphatic heterocycles. The number of ether oxygens (including phenoxy) is 11. The van der Waals surface area contributed by atoms with Gasteiger partial charge in [0.15, 0.2) is 30.6 Å². The number of fused-ring (bicyclic) bond motifs is 4. The van der Waals surface area contributed by atoms with Gasteiger partial charge in [-0.1, -0.05) is 50.6 Å². The fourth-order valence-corrected chi connectivity index (χ4v) is 15.5. The number of alkyl carbamates (subject to hydrolysis) is 1. The van der Waals surface area contributed by atoms with Gasteiger partial charge >= 0.3 is 18.0 Å². The summed E-state index contributed by atoms with van der Waals surface area (Å²) >= 11 is 0. The molecular formula is C61H86N2O22. The van der Waals surface area contributed by atoms with Crippen LogP contribution < -0.4 is 5.32 Å². The summed E-state index contributed by atoms with van der Waals surface area (Å²) in [5.74, 6) is -6.43. The molecule has 1 saturated carbocycles. The molecule has 24 heteroatoms. The molecule has 5 heterocycles. The number of aliphatic hydroxyl groups excluding tert-OH is 4. The molecule has 85 heavy (non-hydrogen) atoms. The number of hydrogen-bond acceptors (Lipinski definition) is 22. The van der Waals surface area contributed by atoms with Crippen LogP contribution in [0.15, 0.2) is 58.4 Å². The van der Waals surface area contributed by atoms with Crippen molar-refractivity contribution in [2.45, 2.75) is 237 Å². The Morgan fingerprint density at radius 2 is 1.52 bits per heavy atom. The highest BCUT2D eigenvalue weighted by molar-refractivity contribution is 6.26. The number of ketones is 1. The van der Waals surface area contributed by atoms with Crippen molar-refractivity contribution in [2.24, 2.45) is 40.9 Å². The van der Waals surface area contributed by atoms with E-state index in [1.807, 2.05) is 32.9 Å². The molecule has 1 amide bonds. The summed E-state index contributed by atoms with van der Waals surface area (Å²) in [6, 6.07) is -1.12.